The first kappa shape index (κ1) is 16.0. The maximum atomic E-state index is 10.2. The second-order valence-electron chi connectivity index (χ2n) is 6.25. The van der Waals surface area contributed by atoms with Gasteiger partial charge in [-0.3, -0.25) is 9.88 Å². The van der Waals surface area contributed by atoms with Crippen molar-refractivity contribution in [2.24, 2.45) is 0 Å². The van der Waals surface area contributed by atoms with Crippen molar-refractivity contribution in [3.05, 3.63) is 59.9 Å². The van der Waals surface area contributed by atoms with Crippen LogP contribution in [0.1, 0.15) is 23.7 Å². The van der Waals surface area contributed by atoms with Crippen LogP contribution in [-0.2, 0) is 0 Å². The summed E-state index contributed by atoms with van der Waals surface area (Å²) in [5, 5.41) is 10.2. The van der Waals surface area contributed by atoms with Crippen molar-refractivity contribution in [3.63, 3.8) is 0 Å². The van der Waals surface area contributed by atoms with Gasteiger partial charge in [0.25, 0.3) is 0 Å². The van der Waals surface area contributed by atoms with Crippen LogP contribution >= 0.6 is 0 Å². The zero-order valence-corrected chi connectivity index (χ0v) is 13.7. The number of benzene rings is 1. The second-order valence-corrected chi connectivity index (χ2v) is 6.25. The molecule has 0 saturated carbocycles. The maximum Gasteiger partial charge on any atom is 0.0803 e. The zero-order chi connectivity index (χ0) is 16.1. The van der Waals surface area contributed by atoms with Gasteiger partial charge in [0, 0.05) is 50.8 Å². The van der Waals surface area contributed by atoms with E-state index in [2.05, 4.69) is 46.0 Å². The number of hydrogen-bond acceptors (Lipinski definition) is 4. The van der Waals surface area contributed by atoms with Crippen LogP contribution in [0.5, 0.6) is 0 Å². The van der Waals surface area contributed by atoms with Gasteiger partial charge in [0.15, 0.2) is 0 Å². The van der Waals surface area contributed by atoms with E-state index in [0.29, 0.717) is 0 Å². The molecule has 4 nitrogen and oxygen atoms in total. The molecule has 1 aromatic heterocycles. The van der Waals surface area contributed by atoms with Gasteiger partial charge in [-0.2, -0.15) is 0 Å². The van der Waals surface area contributed by atoms with E-state index in [1.807, 2.05) is 12.1 Å². The normalized spacial score (nSPS) is 17.2. The fourth-order valence-electron chi connectivity index (χ4n) is 3.11. The van der Waals surface area contributed by atoms with Crippen molar-refractivity contribution in [3.8, 4) is 0 Å². The first-order chi connectivity index (χ1) is 11.2. The van der Waals surface area contributed by atoms with Crippen LogP contribution in [-0.4, -0.2) is 47.7 Å². The summed E-state index contributed by atoms with van der Waals surface area (Å²) in [6.45, 7) is 7.28. The summed E-state index contributed by atoms with van der Waals surface area (Å²) in [7, 11) is 0. The second kappa shape index (κ2) is 7.57. The van der Waals surface area contributed by atoms with E-state index in [1.54, 1.807) is 12.4 Å². The maximum absolute atomic E-state index is 10.2. The van der Waals surface area contributed by atoms with Crippen LogP contribution in [0.25, 0.3) is 0 Å². The molecule has 2 heterocycles. The first-order valence-corrected chi connectivity index (χ1v) is 8.34. The summed E-state index contributed by atoms with van der Waals surface area (Å²) in [5.74, 6) is 0. The summed E-state index contributed by atoms with van der Waals surface area (Å²) in [6, 6.07) is 12.5. The Morgan fingerprint density at radius 3 is 2.52 bits per heavy atom. The van der Waals surface area contributed by atoms with Crippen LogP contribution in [0, 0.1) is 6.92 Å². The SMILES string of the molecule is Cc1cccc(N2CCN(CCC(O)c3ccncc3)CC2)c1. The Hall–Kier alpha value is -1.91. The van der Waals surface area contributed by atoms with Crippen molar-refractivity contribution in [2.45, 2.75) is 19.4 Å². The summed E-state index contributed by atoms with van der Waals surface area (Å²) in [6.07, 6.45) is 3.85. The summed E-state index contributed by atoms with van der Waals surface area (Å²) >= 11 is 0. The number of anilines is 1. The first-order valence-electron chi connectivity index (χ1n) is 8.34. The van der Waals surface area contributed by atoms with Crippen molar-refractivity contribution in [1.29, 1.82) is 0 Å². The monoisotopic (exact) mass is 311 g/mol. The van der Waals surface area contributed by atoms with Gasteiger partial charge in [-0.1, -0.05) is 12.1 Å². The molecule has 1 N–H and O–H groups in total. The minimum Gasteiger partial charge on any atom is -0.388 e. The third-order valence-electron chi connectivity index (χ3n) is 4.55. The number of aromatic nitrogens is 1. The highest BCUT2D eigenvalue weighted by Gasteiger charge is 2.18. The molecule has 0 spiro atoms. The number of piperazine rings is 1. The van der Waals surface area contributed by atoms with Crippen LogP contribution < -0.4 is 4.90 Å². The number of rotatable bonds is 5. The Morgan fingerprint density at radius 2 is 1.83 bits per heavy atom. The van der Waals surface area contributed by atoms with Gasteiger partial charge in [0.1, 0.15) is 0 Å². The Labute approximate surface area is 138 Å². The summed E-state index contributed by atoms with van der Waals surface area (Å²) in [4.78, 5) is 8.88. The van der Waals surface area contributed by atoms with E-state index < -0.39 is 6.10 Å². The minimum absolute atomic E-state index is 0.396. The number of aliphatic hydroxyl groups excluding tert-OH is 1. The van der Waals surface area contributed by atoms with Crippen molar-refractivity contribution < 1.29 is 5.11 Å². The highest BCUT2D eigenvalue weighted by molar-refractivity contribution is 5.48. The average molecular weight is 311 g/mol. The Morgan fingerprint density at radius 1 is 1.09 bits per heavy atom. The van der Waals surface area contributed by atoms with Crippen LogP contribution in [0.3, 0.4) is 0 Å². The molecule has 122 valence electrons. The summed E-state index contributed by atoms with van der Waals surface area (Å²) < 4.78 is 0. The molecule has 0 bridgehead atoms. The Bertz CT molecular complexity index is 609. The molecule has 1 atom stereocenters. The number of nitrogens with zero attached hydrogens (tertiary/aromatic N) is 3. The summed E-state index contributed by atoms with van der Waals surface area (Å²) in [5.41, 5.74) is 3.59. The molecule has 1 aromatic carbocycles. The molecule has 2 aromatic rings. The molecule has 1 fully saturated rings. The smallest absolute Gasteiger partial charge is 0.0803 e. The van der Waals surface area contributed by atoms with E-state index >= 15 is 0 Å². The van der Waals surface area contributed by atoms with E-state index in [0.717, 1.165) is 44.7 Å². The number of pyridine rings is 1. The number of hydrogen-bond donors (Lipinski definition) is 1. The zero-order valence-electron chi connectivity index (χ0n) is 13.7. The van der Waals surface area contributed by atoms with Gasteiger partial charge in [-0.15, -0.1) is 0 Å². The average Bonchev–Trinajstić information content (AvgIpc) is 2.61. The van der Waals surface area contributed by atoms with Crippen LogP contribution in [0.2, 0.25) is 0 Å². The highest BCUT2D eigenvalue weighted by Crippen LogP contribution is 2.19. The lowest BCUT2D eigenvalue weighted by Crippen LogP contribution is -2.46. The standard InChI is InChI=1S/C19H25N3O/c1-16-3-2-4-18(15-16)22-13-11-21(12-14-22)10-7-19(23)17-5-8-20-9-6-17/h2-6,8-9,15,19,23H,7,10-14H2,1H3. The van der Waals surface area contributed by atoms with Gasteiger partial charge >= 0.3 is 0 Å². The molecule has 1 aliphatic heterocycles. The van der Waals surface area contributed by atoms with E-state index in [4.69, 9.17) is 0 Å². The largest absolute Gasteiger partial charge is 0.388 e. The molecule has 0 aliphatic carbocycles. The van der Waals surface area contributed by atoms with Crippen LogP contribution in [0.15, 0.2) is 48.8 Å². The molecule has 4 heteroatoms. The van der Waals surface area contributed by atoms with E-state index in [-0.39, 0.29) is 0 Å². The quantitative estimate of drug-likeness (QED) is 0.921. The molecular formula is C19H25N3O. The van der Waals surface area contributed by atoms with E-state index in [9.17, 15) is 5.11 Å². The van der Waals surface area contributed by atoms with Crippen LogP contribution in [0.4, 0.5) is 5.69 Å². The van der Waals surface area contributed by atoms with Gasteiger partial charge in [-0.25, -0.2) is 0 Å². The lowest BCUT2D eigenvalue weighted by atomic mass is 10.1. The van der Waals surface area contributed by atoms with Gasteiger partial charge in [-0.05, 0) is 48.7 Å². The molecular weight excluding hydrogens is 286 g/mol. The predicted molar refractivity (Wildman–Crippen MR) is 93.6 cm³/mol. The highest BCUT2D eigenvalue weighted by atomic mass is 16.3. The fourth-order valence-corrected chi connectivity index (χ4v) is 3.11. The molecule has 0 amide bonds. The molecule has 3 rings (SSSR count). The third kappa shape index (κ3) is 4.30. The predicted octanol–water partition coefficient (Wildman–Crippen LogP) is 2.64. The molecule has 23 heavy (non-hydrogen) atoms. The third-order valence-corrected chi connectivity index (χ3v) is 4.55. The Kier molecular flexibility index (Phi) is 5.26. The van der Waals surface area contributed by atoms with Gasteiger partial charge < -0.3 is 10.0 Å². The number of aryl methyl sites for hydroxylation is 1. The molecule has 1 aliphatic rings. The molecule has 0 radical (unpaired) electrons. The molecule has 1 saturated heterocycles. The van der Waals surface area contributed by atoms with E-state index in [1.165, 1.54) is 11.3 Å². The van der Waals surface area contributed by atoms with Gasteiger partial charge in [0.05, 0.1) is 6.10 Å². The van der Waals surface area contributed by atoms with Crippen molar-refractivity contribution in [1.82, 2.24) is 9.88 Å². The lowest BCUT2D eigenvalue weighted by Gasteiger charge is -2.36. The van der Waals surface area contributed by atoms with Gasteiger partial charge in [0.2, 0.25) is 0 Å². The number of aliphatic hydroxyl groups is 1. The van der Waals surface area contributed by atoms with Crippen molar-refractivity contribution >= 4 is 5.69 Å². The molecule has 1 unspecified atom stereocenters. The van der Waals surface area contributed by atoms with Crippen molar-refractivity contribution in [2.75, 3.05) is 37.6 Å². The fraction of sp³-hybridized carbons (Fsp3) is 0.421. The lowest BCUT2D eigenvalue weighted by molar-refractivity contribution is 0.139. The minimum atomic E-state index is -0.396. The topological polar surface area (TPSA) is 39.6 Å². The Balaban J connectivity index is 1.46.